The summed E-state index contributed by atoms with van der Waals surface area (Å²) in [5.74, 6) is -1.65. The van der Waals surface area contributed by atoms with Crippen molar-refractivity contribution in [1.82, 2.24) is 10.2 Å². The third kappa shape index (κ3) is 4.77. The van der Waals surface area contributed by atoms with Gasteiger partial charge in [0, 0.05) is 6.54 Å². The second-order valence-corrected chi connectivity index (χ2v) is 6.13. The molecule has 3 atom stereocenters. The molecule has 0 unspecified atom stereocenters. The van der Waals surface area contributed by atoms with Gasteiger partial charge in [-0.25, -0.2) is 0 Å². The van der Waals surface area contributed by atoms with E-state index in [9.17, 15) is 19.5 Å². The number of hydrogen-bond donors (Lipinski definition) is 4. The Hall–Kier alpha value is -2.45. The van der Waals surface area contributed by atoms with Crippen LogP contribution in [0.3, 0.4) is 0 Å². The molecule has 0 bridgehead atoms. The zero-order valence-corrected chi connectivity index (χ0v) is 13.9. The molecule has 8 nitrogen and oxygen atoms in total. The van der Waals surface area contributed by atoms with Crippen molar-refractivity contribution < 1.29 is 19.5 Å². The molecule has 6 N–H and O–H groups in total. The van der Waals surface area contributed by atoms with Crippen LogP contribution in [0.5, 0.6) is 0 Å². The van der Waals surface area contributed by atoms with E-state index in [-0.39, 0.29) is 0 Å². The Labute approximate surface area is 146 Å². The number of carbonyl (C=O) groups excluding carboxylic acids is 3. The van der Waals surface area contributed by atoms with Crippen LogP contribution in [0.1, 0.15) is 18.4 Å². The lowest BCUT2D eigenvalue weighted by molar-refractivity contribution is -0.141. The van der Waals surface area contributed by atoms with Crippen molar-refractivity contribution in [2.75, 3.05) is 13.2 Å². The van der Waals surface area contributed by atoms with Gasteiger partial charge in [0.1, 0.15) is 12.1 Å². The van der Waals surface area contributed by atoms with Gasteiger partial charge in [0.05, 0.1) is 12.6 Å². The lowest BCUT2D eigenvalue weighted by Gasteiger charge is -2.27. The number of hydrogen-bond acceptors (Lipinski definition) is 5. The van der Waals surface area contributed by atoms with Crippen LogP contribution < -0.4 is 16.8 Å². The zero-order valence-electron chi connectivity index (χ0n) is 13.9. The number of rotatable bonds is 7. The van der Waals surface area contributed by atoms with Gasteiger partial charge in [0.15, 0.2) is 0 Å². The summed E-state index contributed by atoms with van der Waals surface area (Å²) in [6.07, 6.45) is 1.45. The van der Waals surface area contributed by atoms with E-state index in [1.807, 2.05) is 30.3 Å². The predicted molar refractivity (Wildman–Crippen MR) is 91.1 cm³/mol. The second-order valence-electron chi connectivity index (χ2n) is 6.13. The lowest BCUT2D eigenvalue weighted by Crippen LogP contribution is -2.56. The van der Waals surface area contributed by atoms with Crippen LogP contribution in [-0.4, -0.2) is 59.0 Å². The molecular weight excluding hydrogens is 324 g/mol. The molecule has 0 saturated carbocycles. The van der Waals surface area contributed by atoms with Gasteiger partial charge in [-0.2, -0.15) is 0 Å². The standard InChI is InChI=1S/C17H24N4O4/c18-12(9-11-5-2-1-3-6-11)16(24)20-13(10-22)17(25)21-8-4-7-14(21)15(19)23/h1-3,5-6,12-14,22H,4,7-10,18H2,(H2,19,23)(H,20,24)/t12-,13-,14-/m0/s1. The van der Waals surface area contributed by atoms with E-state index in [2.05, 4.69) is 5.32 Å². The third-order valence-corrected chi connectivity index (χ3v) is 4.30. The fourth-order valence-electron chi connectivity index (χ4n) is 2.95. The normalized spacial score (nSPS) is 19.3. The summed E-state index contributed by atoms with van der Waals surface area (Å²) in [5, 5.41) is 11.9. The molecule has 136 valence electrons. The van der Waals surface area contributed by atoms with Crippen molar-refractivity contribution in [3.8, 4) is 0 Å². The van der Waals surface area contributed by atoms with Gasteiger partial charge < -0.3 is 26.8 Å². The van der Waals surface area contributed by atoms with Gasteiger partial charge in [-0.1, -0.05) is 30.3 Å². The van der Waals surface area contributed by atoms with E-state index in [1.165, 1.54) is 4.90 Å². The maximum atomic E-state index is 12.5. The van der Waals surface area contributed by atoms with E-state index in [0.29, 0.717) is 25.8 Å². The molecule has 1 aromatic carbocycles. The Morgan fingerprint density at radius 3 is 2.56 bits per heavy atom. The second kappa shape index (κ2) is 8.59. The highest BCUT2D eigenvalue weighted by Crippen LogP contribution is 2.18. The minimum Gasteiger partial charge on any atom is -0.394 e. The largest absolute Gasteiger partial charge is 0.394 e. The Bertz CT molecular complexity index is 622. The van der Waals surface area contributed by atoms with E-state index < -0.39 is 42.5 Å². The monoisotopic (exact) mass is 348 g/mol. The maximum absolute atomic E-state index is 12.5. The summed E-state index contributed by atoms with van der Waals surface area (Å²) in [6.45, 7) is -0.209. The summed E-state index contributed by atoms with van der Waals surface area (Å²) in [4.78, 5) is 37.5. The molecule has 1 fully saturated rings. The molecule has 0 aliphatic carbocycles. The Kier molecular flexibility index (Phi) is 6.49. The molecule has 1 aromatic rings. The van der Waals surface area contributed by atoms with Crippen LogP contribution >= 0.6 is 0 Å². The molecule has 1 heterocycles. The topological polar surface area (TPSA) is 139 Å². The number of amides is 3. The van der Waals surface area contributed by atoms with Crippen molar-refractivity contribution >= 4 is 17.7 Å². The Morgan fingerprint density at radius 2 is 1.96 bits per heavy atom. The van der Waals surface area contributed by atoms with Crippen molar-refractivity contribution in [2.45, 2.75) is 37.4 Å². The molecule has 2 rings (SSSR count). The molecule has 0 aromatic heterocycles. The highest BCUT2D eigenvalue weighted by Gasteiger charge is 2.36. The van der Waals surface area contributed by atoms with Crippen LogP contribution in [0.4, 0.5) is 0 Å². The molecular formula is C17H24N4O4. The summed E-state index contributed by atoms with van der Waals surface area (Å²) < 4.78 is 0. The van der Waals surface area contributed by atoms with Crippen molar-refractivity contribution in [3.05, 3.63) is 35.9 Å². The van der Waals surface area contributed by atoms with Gasteiger partial charge in [0.25, 0.3) is 0 Å². The van der Waals surface area contributed by atoms with Gasteiger partial charge in [-0.3, -0.25) is 14.4 Å². The molecule has 8 heteroatoms. The quantitative estimate of drug-likeness (QED) is 0.475. The number of primary amides is 1. The Balaban J connectivity index is 1.97. The first-order valence-corrected chi connectivity index (χ1v) is 8.24. The molecule has 1 saturated heterocycles. The number of nitrogens with zero attached hydrogens (tertiary/aromatic N) is 1. The fourth-order valence-corrected chi connectivity index (χ4v) is 2.95. The first-order valence-electron chi connectivity index (χ1n) is 8.24. The summed E-state index contributed by atoms with van der Waals surface area (Å²) in [7, 11) is 0. The predicted octanol–water partition coefficient (Wildman–Crippen LogP) is -1.49. The minimum absolute atomic E-state index is 0.312. The first-order chi connectivity index (χ1) is 11.9. The number of likely N-dealkylation sites (tertiary alicyclic amines) is 1. The number of aliphatic hydroxyl groups is 1. The van der Waals surface area contributed by atoms with Gasteiger partial charge >= 0.3 is 0 Å². The summed E-state index contributed by atoms with van der Waals surface area (Å²) >= 11 is 0. The highest BCUT2D eigenvalue weighted by molar-refractivity contribution is 5.93. The maximum Gasteiger partial charge on any atom is 0.248 e. The third-order valence-electron chi connectivity index (χ3n) is 4.30. The van der Waals surface area contributed by atoms with Crippen LogP contribution in [0.15, 0.2) is 30.3 Å². The van der Waals surface area contributed by atoms with Crippen LogP contribution in [0, 0.1) is 0 Å². The van der Waals surface area contributed by atoms with E-state index in [1.54, 1.807) is 0 Å². The van der Waals surface area contributed by atoms with Gasteiger partial charge in [-0.05, 0) is 24.8 Å². The zero-order chi connectivity index (χ0) is 18.4. The number of carbonyl (C=O) groups is 3. The summed E-state index contributed by atoms with van der Waals surface area (Å²) in [6, 6.07) is 6.56. The Morgan fingerprint density at radius 1 is 1.28 bits per heavy atom. The fraction of sp³-hybridized carbons (Fsp3) is 0.471. The molecule has 0 radical (unpaired) electrons. The smallest absolute Gasteiger partial charge is 0.248 e. The number of nitrogens with two attached hydrogens (primary N) is 2. The molecule has 0 spiro atoms. The number of aliphatic hydroxyl groups excluding tert-OH is 1. The van der Waals surface area contributed by atoms with E-state index >= 15 is 0 Å². The molecule has 25 heavy (non-hydrogen) atoms. The van der Waals surface area contributed by atoms with Crippen molar-refractivity contribution in [2.24, 2.45) is 11.5 Å². The minimum atomic E-state index is -1.14. The van der Waals surface area contributed by atoms with Crippen molar-refractivity contribution in [1.29, 1.82) is 0 Å². The molecule has 1 aliphatic rings. The van der Waals surface area contributed by atoms with Gasteiger partial charge in [0.2, 0.25) is 17.7 Å². The van der Waals surface area contributed by atoms with Gasteiger partial charge in [-0.15, -0.1) is 0 Å². The van der Waals surface area contributed by atoms with Crippen LogP contribution in [0.2, 0.25) is 0 Å². The highest BCUT2D eigenvalue weighted by atomic mass is 16.3. The molecule has 1 aliphatic heterocycles. The van der Waals surface area contributed by atoms with E-state index in [0.717, 1.165) is 5.56 Å². The molecule has 3 amide bonds. The van der Waals surface area contributed by atoms with E-state index in [4.69, 9.17) is 11.5 Å². The first kappa shape index (κ1) is 18.9. The van der Waals surface area contributed by atoms with Crippen LogP contribution in [0.25, 0.3) is 0 Å². The number of nitrogens with one attached hydrogen (secondary N) is 1. The average Bonchev–Trinajstić information content (AvgIpc) is 3.09. The summed E-state index contributed by atoms with van der Waals surface area (Å²) in [5.41, 5.74) is 12.1. The van der Waals surface area contributed by atoms with Crippen molar-refractivity contribution in [3.63, 3.8) is 0 Å². The number of benzene rings is 1. The SMILES string of the molecule is NC(=O)[C@@H]1CCCN1C(=O)[C@H](CO)NC(=O)[C@@H](N)Cc1ccccc1. The lowest BCUT2D eigenvalue weighted by atomic mass is 10.1. The van der Waals surface area contributed by atoms with Crippen LogP contribution in [-0.2, 0) is 20.8 Å². The average molecular weight is 348 g/mol.